The molecule has 3 nitrogen and oxygen atoms in total. The number of halogens is 2. The Bertz CT molecular complexity index is 757. The number of rotatable bonds is 3. The van der Waals surface area contributed by atoms with Gasteiger partial charge in [0.15, 0.2) is 11.6 Å². The monoisotopic (exact) mass is 314 g/mol. The van der Waals surface area contributed by atoms with Crippen LogP contribution < -0.4 is 4.74 Å². The molecule has 0 saturated carbocycles. The van der Waals surface area contributed by atoms with Gasteiger partial charge in [0.25, 0.3) is 9.05 Å². The number of benzene rings is 2. The summed E-state index contributed by atoms with van der Waals surface area (Å²) in [4.78, 5) is 0.0104. The highest BCUT2D eigenvalue weighted by atomic mass is 35.7. The highest BCUT2D eigenvalue weighted by Crippen LogP contribution is 2.29. The SMILES string of the molecule is Cc1cc(Oc2cccc(C)c2F)ccc1S(=O)(=O)Cl. The van der Waals surface area contributed by atoms with Crippen molar-refractivity contribution in [2.24, 2.45) is 0 Å². The predicted molar refractivity (Wildman–Crippen MR) is 75.4 cm³/mol. The lowest BCUT2D eigenvalue weighted by Crippen LogP contribution is -1.96. The molecule has 106 valence electrons. The molecule has 0 radical (unpaired) electrons. The van der Waals surface area contributed by atoms with Gasteiger partial charge in [-0.3, -0.25) is 0 Å². The molecule has 2 rings (SSSR count). The molecule has 0 spiro atoms. The topological polar surface area (TPSA) is 43.4 Å². The van der Waals surface area contributed by atoms with Crippen LogP contribution in [0.4, 0.5) is 4.39 Å². The van der Waals surface area contributed by atoms with E-state index in [1.54, 1.807) is 26.0 Å². The van der Waals surface area contributed by atoms with E-state index in [9.17, 15) is 12.8 Å². The number of ether oxygens (including phenoxy) is 1. The van der Waals surface area contributed by atoms with Crippen LogP contribution in [0.25, 0.3) is 0 Å². The maximum absolute atomic E-state index is 13.8. The van der Waals surface area contributed by atoms with Gasteiger partial charge in [0, 0.05) is 10.7 Å². The van der Waals surface area contributed by atoms with Crippen molar-refractivity contribution < 1.29 is 17.5 Å². The molecule has 2 aromatic rings. The van der Waals surface area contributed by atoms with Gasteiger partial charge in [-0.05, 0) is 49.2 Å². The highest BCUT2D eigenvalue weighted by Gasteiger charge is 2.14. The van der Waals surface area contributed by atoms with Crippen molar-refractivity contribution in [3.8, 4) is 11.5 Å². The Morgan fingerprint density at radius 1 is 1.10 bits per heavy atom. The van der Waals surface area contributed by atoms with Gasteiger partial charge in [0.05, 0.1) is 4.90 Å². The molecule has 0 saturated heterocycles. The molecule has 6 heteroatoms. The van der Waals surface area contributed by atoms with Crippen LogP contribution in [-0.2, 0) is 9.05 Å². The Morgan fingerprint density at radius 3 is 2.40 bits per heavy atom. The first-order chi connectivity index (χ1) is 9.29. The highest BCUT2D eigenvalue weighted by molar-refractivity contribution is 8.13. The number of aryl methyl sites for hydroxylation is 2. The van der Waals surface area contributed by atoms with E-state index in [4.69, 9.17) is 15.4 Å². The molecule has 0 aliphatic heterocycles. The molecule has 0 aliphatic carbocycles. The standard InChI is InChI=1S/C14H12ClFO3S/c1-9-4-3-5-12(14(9)16)19-11-6-7-13(10(2)8-11)20(15,17)18/h3-8H,1-2H3. The average molecular weight is 315 g/mol. The normalized spacial score (nSPS) is 11.4. The van der Waals surface area contributed by atoms with Crippen molar-refractivity contribution in [1.82, 2.24) is 0 Å². The first-order valence-electron chi connectivity index (χ1n) is 5.77. The second kappa shape index (κ2) is 5.42. The summed E-state index contributed by atoms with van der Waals surface area (Å²) in [7, 11) is 1.50. The summed E-state index contributed by atoms with van der Waals surface area (Å²) in [6.07, 6.45) is 0. The predicted octanol–water partition coefficient (Wildman–Crippen LogP) is 4.16. The van der Waals surface area contributed by atoms with Crippen LogP contribution in [0.15, 0.2) is 41.3 Å². The summed E-state index contributed by atoms with van der Waals surface area (Å²) in [6.45, 7) is 3.23. The molecule has 0 fully saturated rings. The van der Waals surface area contributed by atoms with Gasteiger partial charge in [0.1, 0.15) is 5.75 Å². The fraction of sp³-hybridized carbons (Fsp3) is 0.143. The van der Waals surface area contributed by atoms with Crippen LogP contribution in [0.2, 0.25) is 0 Å². The first-order valence-corrected chi connectivity index (χ1v) is 8.08. The minimum absolute atomic E-state index is 0.0104. The van der Waals surface area contributed by atoms with E-state index in [-0.39, 0.29) is 10.6 Å². The molecule has 2 aromatic carbocycles. The Labute approximate surface area is 121 Å². The molecule has 0 unspecified atom stereocenters. The lowest BCUT2D eigenvalue weighted by atomic mass is 10.2. The summed E-state index contributed by atoms with van der Waals surface area (Å²) < 4.78 is 41.8. The Morgan fingerprint density at radius 2 is 1.80 bits per heavy atom. The van der Waals surface area contributed by atoms with Gasteiger partial charge in [-0.2, -0.15) is 0 Å². The van der Waals surface area contributed by atoms with Crippen molar-refractivity contribution >= 4 is 19.7 Å². The van der Waals surface area contributed by atoms with Gasteiger partial charge in [-0.15, -0.1) is 0 Å². The minimum Gasteiger partial charge on any atom is -0.454 e. The zero-order valence-corrected chi connectivity index (χ0v) is 12.4. The van der Waals surface area contributed by atoms with Gasteiger partial charge in [-0.1, -0.05) is 12.1 Å². The molecule has 0 bridgehead atoms. The van der Waals surface area contributed by atoms with E-state index in [1.165, 1.54) is 24.3 Å². The zero-order chi connectivity index (χ0) is 14.9. The quantitative estimate of drug-likeness (QED) is 0.799. The van der Waals surface area contributed by atoms with E-state index in [0.717, 1.165) is 0 Å². The van der Waals surface area contributed by atoms with Crippen LogP contribution in [0, 0.1) is 19.7 Å². The second-order valence-electron chi connectivity index (χ2n) is 4.35. The van der Waals surface area contributed by atoms with Crippen molar-refractivity contribution in [2.75, 3.05) is 0 Å². The maximum atomic E-state index is 13.8. The summed E-state index contributed by atoms with van der Waals surface area (Å²) >= 11 is 0. The van der Waals surface area contributed by atoms with Crippen LogP contribution >= 0.6 is 10.7 Å². The molecule has 0 heterocycles. The lowest BCUT2D eigenvalue weighted by Gasteiger charge is -2.10. The third-order valence-electron chi connectivity index (χ3n) is 2.79. The molecule has 0 aliphatic rings. The molecular weight excluding hydrogens is 303 g/mol. The van der Waals surface area contributed by atoms with E-state index in [0.29, 0.717) is 16.9 Å². The van der Waals surface area contributed by atoms with E-state index in [2.05, 4.69) is 0 Å². The van der Waals surface area contributed by atoms with Crippen molar-refractivity contribution in [3.05, 3.63) is 53.3 Å². The van der Waals surface area contributed by atoms with Gasteiger partial charge < -0.3 is 4.74 Å². The number of hydrogen-bond donors (Lipinski definition) is 0. The average Bonchev–Trinajstić information content (AvgIpc) is 2.33. The Kier molecular flexibility index (Phi) is 4.01. The van der Waals surface area contributed by atoms with Crippen LogP contribution in [-0.4, -0.2) is 8.42 Å². The minimum atomic E-state index is -3.80. The fourth-order valence-corrected chi connectivity index (χ4v) is 2.98. The molecule has 0 atom stereocenters. The van der Waals surface area contributed by atoms with Crippen LogP contribution in [0.1, 0.15) is 11.1 Å². The van der Waals surface area contributed by atoms with Crippen molar-refractivity contribution in [1.29, 1.82) is 0 Å². The Hall–Kier alpha value is -1.59. The summed E-state index contributed by atoms with van der Waals surface area (Å²) in [5, 5.41) is 0. The smallest absolute Gasteiger partial charge is 0.261 e. The summed E-state index contributed by atoms with van der Waals surface area (Å²) in [5.74, 6) is -0.0128. The second-order valence-corrected chi connectivity index (χ2v) is 6.89. The first kappa shape index (κ1) is 14.8. The largest absolute Gasteiger partial charge is 0.454 e. The third kappa shape index (κ3) is 3.11. The summed E-state index contributed by atoms with van der Waals surface area (Å²) in [5.41, 5.74) is 0.907. The van der Waals surface area contributed by atoms with Crippen molar-refractivity contribution in [3.63, 3.8) is 0 Å². The van der Waals surface area contributed by atoms with E-state index < -0.39 is 14.9 Å². The van der Waals surface area contributed by atoms with E-state index >= 15 is 0 Å². The molecule has 0 aromatic heterocycles. The van der Waals surface area contributed by atoms with Gasteiger partial charge in [-0.25, -0.2) is 12.8 Å². The van der Waals surface area contributed by atoms with Crippen LogP contribution in [0.3, 0.4) is 0 Å². The van der Waals surface area contributed by atoms with Gasteiger partial charge >= 0.3 is 0 Å². The molecular formula is C14H12ClFO3S. The zero-order valence-electron chi connectivity index (χ0n) is 10.9. The van der Waals surface area contributed by atoms with Crippen molar-refractivity contribution in [2.45, 2.75) is 18.7 Å². The summed E-state index contributed by atoms with van der Waals surface area (Å²) in [6, 6.07) is 9.08. The van der Waals surface area contributed by atoms with Gasteiger partial charge in [0.2, 0.25) is 0 Å². The fourth-order valence-electron chi connectivity index (χ4n) is 1.79. The molecule has 20 heavy (non-hydrogen) atoms. The third-order valence-corrected chi connectivity index (χ3v) is 4.28. The number of hydrogen-bond acceptors (Lipinski definition) is 3. The maximum Gasteiger partial charge on any atom is 0.261 e. The molecule has 0 amide bonds. The Balaban J connectivity index is 2.36. The lowest BCUT2D eigenvalue weighted by molar-refractivity contribution is 0.439. The van der Waals surface area contributed by atoms with Crippen LogP contribution in [0.5, 0.6) is 11.5 Å². The molecule has 0 N–H and O–H groups in total. The van der Waals surface area contributed by atoms with E-state index in [1.807, 2.05) is 0 Å².